The Kier molecular flexibility index (Phi) is 5.50. The summed E-state index contributed by atoms with van der Waals surface area (Å²) in [6.45, 7) is 5.71. The molecule has 1 unspecified atom stereocenters. The van der Waals surface area contributed by atoms with E-state index >= 15 is 0 Å². The molecule has 1 aliphatic rings. The molecule has 6 heteroatoms. The van der Waals surface area contributed by atoms with Crippen LogP contribution in [0.2, 0.25) is 0 Å². The van der Waals surface area contributed by atoms with E-state index in [1.54, 1.807) is 0 Å². The van der Waals surface area contributed by atoms with Gasteiger partial charge in [0.15, 0.2) is 0 Å². The Morgan fingerprint density at radius 2 is 2.00 bits per heavy atom. The molecule has 2 N–H and O–H groups in total. The first-order chi connectivity index (χ1) is 13.7. The van der Waals surface area contributed by atoms with Crippen molar-refractivity contribution in [3.8, 4) is 5.75 Å². The second kappa shape index (κ2) is 8.20. The van der Waals surface area contributed by atoms with Crippen molar-refractivity contribution in [2.24, 2.45) is 5.73 Å². The van der Waals surface area contributed by atoms with Gasteiger partial charge in [0.25, 0.3) is 0 Å². The number of carbonyl (C=O) groups is 1. The maximum atomic E-state index is 12.5. The van der Waals surface area contributed by atoms with E-state index < -0.39 is 0 Å². The van der Waals surface area contributed by atoms with Gasteiger partial charge in [-0.3, -0.25) is 4.90 Å². The Balaban J connectivity index is 1.68. The summed E-state index contributed by atoms with van der Waals surface area (Å²) < 4.78 is 13.5. The van der Waals surface area contributed by atoms with Crippen LogP contribution in [0.25, 0.3) is 16.4 Å². The molecule has 3 aromatic rings. The van der Waals surface area contributed by atoms with E-state index in [-0.39, 0.29) is 12.1 Å². The lowest BCUT2D eigenvalue weighted by Gasteiger charge is -2.23. The highest BCUT2D eigenvalue weighted by Gasteiger charge is 2.21. The van der Waals surface area contributed by atoms with E-state index in [2.05, 4.69) is 4.90 Å². The molecule has 0 spiro atoms. The highest BCUT2D eigenvalue weighted by atomic mass is 16.5. The van der Waals surface area contributed by atoms with Gasteiger partial charge in [-0.05, 0) is 57.1 Å². The predicted octanol–water partition coefficient (Wildman–Crippen LogP) is 3.07. The molecule has 0 amide bonds. The number of esters is 1. The van der Waals surface area contributed by atoms with Crippen LogP contribution in [0, 0.1) is 0 Å². The third-order valence-corrected chi connectivity index (χ3v) is 5.32. The lowest BCUT2D eigenvalue weighted by molar-refractivity contribution is 0.0531. The molecule has 148 valence electrons. The molecule has 4 rings (SSSR count). The van der Waals surface area contributed by atoms with Crippen LogP contribution in [0.4, 0.5) is 0 Å². The molecule has 2 aromatic heterocycles. The number of benzene rings is 1. The van der Waals surface area contributed by atoms with Gasteiger partial charge in [-0.1, -0.05) is 6.07 Å². The van der Waals surface area contributed by atoms with Gasteiger partial charge in [0.2, 0.25) is 0 Å². The third-order valence-electron chi connectivity index (χ3n) is 5.32. The summed E-state index contributed by atoms with van der Waals surface area (Å²) in [6.07, 6.45) is 4.40. The molecule has 28 heavy (non-hydrogen) atoms. The molecule has 3 heterocycles. The summed E-state index contributed by atoms with van der Waals surface area (Å²) in [5, 5.41) is 0.862. The molecule has 1 aromatic carbocycles. The van der Waals surface area contributed by atoms with E-state index in [0.717, 1.165) is 41.8 Å². The van der Waals surface area contributed by atoms with Gasteiger partial charge in [-0.2, -0.15) is 0 Å². The van der Waals surface area contributed by atoms with Crippen LogP contribution in [-0.2, 0) is 4.74 Å². The van der Waals surface area contributed by atoms with Crippen LogP contribution in [-0.4, -0.2) is 54.2 Å². The number of fused-ring (bicyclic) bond motifs is 3. The van der Waals surface area contributed by atoms with Gasteiger partial charge >= 0.3 is 5.97 Å². The summed E-state index contributed by atoms with van der Waals surface area (Å²) in [4.78, 5) is 15.0. The van der Waals surface area contributed by atoms with Crippen LogP contribution in [0.3, 0.4) is 0 Å². The number of hydrogen-bond acceptors (Lipinski definition) is 5. The van der Waals surface area contributed by atoms with E-state index in [4.69, 9.17) is 15.2 Å². The topological polar surface area (TPSA) is 69.2 Å². The van der Waals surface area contributed by atoms with Crippen molar-refractivity contribution in [2.75, 3.05) is 32.8 Å². The molecule has 0 bridgehead atoms. The fourth-order valence-corrected chi connectivity index (χ4v) is 4.01. The number of nitrogens with zero attached hydrogens (tertiary/aromatic N) is 2. The molecular weight excluding hydrogens is 354 g/mol. The van der Waals surface area contributed by atoms with E-state index in [0.29, 0.717) is 18.7 Å². The highest BCUT2D eigenvalue weighted by molar-refractivity contribution is 6.11. The molecule has 6 nitrogen and oxygen atoms in total. The Bertz CT molecular complexity index is 976. The van der Waals surface area contributed by atoms with Crippen molar-refractivity contribution in [1.29, 1.82) is 0 Å². The normalized spacial score (nSPS) is 15.9. The summed E-state index contributed by atoms with van der Waals surface area (Å²) in [5.74, 6) is 0.463. The van der Waals surface area contributed by atoms with Crippen LogP contribution < -0.4 is 10.5 Å². The van der Waals surface area contributed by atoms with Gasteiger partial charge < -0.3 is 19.6 Å². The molecule has 0 radical (unpaired) electrons. The predicted molar refractivity (Wildman–Crippen MR) is 110 cm³/mol. The summed E-state index contributed by atoms with van der Waals surface area (Å²) in [7, 11) is 0. The third kappa shape index (κ3) is 3.57. The first kappa shape index (κ1) is 18.8. The average molecular weight is 381 g/mol. The number of nitrogens with two attached hydrogens (primary N) is 1. The number of likely N-dealkylation sites (tertiary alicyclic amines) is 1. The zero-order valence-electron chi connectivity index (χ0n) is 16.3. The van der Waals surface area contributed by atoms with Crippen molar-refractivity contribution >= 4 is 22.4 Å². The number of pyridine rings is 1. The van der Waals surface area contributed by atoms with Crippen LogP contribution >= 0.6 is 0 Å². The molecule has 1 fully saturated rings. The molecule has 1 saturated heterocycles. The summed E-state index contributed by atoms with van der Waals surface area (Å²) in [6, 6.07) is 11.6. The summed E-state index contributed by atoms with van der Waals surface area (Å²) in [5.41, 5.74) is 8.31. The van der Waals surface area contributed by atoms with E-state index in [9.17, 15) is 4.79 Å². The Morgan fingerprint density at radius 1 is 1.18 bits per heavy atom. The molecule has 0 aliphatic carbocycles. The Morgan fingerprint density at radius 3 is 2.75 bits per heavy atom. The van der Waals surface area contributed by atoms with E-state index in [1.807, 2.05) is 53.9 Å². The number of rotatable bonds is 7. The molecular formula is C22H27N3O3. The minimum Gasteiger partial charge on any atom is -0.488 e. The number of ether oxygens (including phenoxy) is 2. The largest absolute Gasteiger partial charge is 0.488 e. The zero-order chi connectivity index (χ0) is 19.5. The smallest absolute Gasteiger partial charge is 0.340 e. The van der Waals surface area contributed by atoms with Crippen molar-refractivity contribution in [3.63, 3.8) is 0 Å². The van der Waals surface area contributed by atoms with E-state index in [1.165, 1.54) is 12.8 Å². The SMILES string of the molecule is CCOC(=O)c1c2ccc(OC(CN)CN3CCCC3)cc2n2ccccc12. The number of hydrogen-bond donors (Lipinski definition) is 1. The quantitative estimate of drug-likeness (QED) is 0.637. The second-order valence-electron chi connectivity index (χ2n) is 7.21. The van der Waals surface area contributed by atoms with Gasteiger partial charge in [0.05, 0.1) is 23.2 Å². The maximum absolute atomic E-state index is 12.5. The van der Waals surface area contributed by atoms with Gasteiger partial charge in [-0.25, -0.2) is 4.79 Å². The first-order valence-electron chi connectivity index (χ1n) is 10.00. The van der Waals surface area contributed by atoms with Crippen LogP contribution in [0.1, 0.15) is 30.1 Å². The number of aromatic nitrogens is 1. The zero-order valence-corrected chi connectivity index (χ0v) is 16.3. The van der Waals surface area contributed by atoms with Crippen molar-refractivity contribution in [3.05, 3.63) is 48.2 Å². The van der Waals surface area contributed by atoms with Crippen molar-refractivity contribution in [1.82, 2.24) is 9.30 Å². The van der Waals surface area contributed by atoms with Gasteiger partial charge in [0.1, 0.15) is 11.9 Å². The average Bonchev–Trinajstić information content (AvgIpc) is 3.33. The van der Waals surface area contributed by atoms with Crippen molar-refractivity contribution < 1.29 is 14.3 Å². The standard InChI is InChI=1S/C22H27N3O3/c1-2-27-22(26)21-18-9-8-16(13-20(18)25-12-4-3-7-19(21)25)28-17(14-23)15-24-10-5-6-11-24/h3-4,7-9,12-13,17H,2,5-6,10-11,14-15,23H2,1H3. The number of carbonyl (C=O) groups excluding carboxylic acids is 1. The lowest BCUT2D eigenvalue weighted by atomic mass is 10.1. The van der Waals surface area contributed by atoms with Crippen molar-refractivity contribution in [2.45, 2.75) is 25.9 Å². The maximum Gasteiger partial charge on any atom is 0.340 e. The fraction of sp³-hybridized carbons (Fsp3) is 0.409. The first-order valence-corrected chi connectivity index (χ1v) is 10.00. The highest BCUT2D eigenvalue weighted by Crippen LogP contribution is 2.30. The van der Waals surface area contributed by atoms with Gasteiger partial charge in [0, 0.05) is 30.7 Å². The lowest BCUT2D eigenvalue weighted by Crippen LogP contribution is -2.38. The van der Waals surface area contributed by atoms with Crippen LogP contribution in [0.15, 0.2) is 42.6 Å². The second-order valence-corrected chi connectivity index (χ2v) is 7.21. The minimum absolute atomic E-state index is 0.0497. The minimum atomic E-state index is -0.302. The molecule has 1 aliphatic heterocycles. The monoisotopic (exact) mass is 381 g/mol. The molecule has 1 atom stereocenters. The molecule has 0 saturated carbocycles. The van der Waals surface area contributed by atoms with Gasteiger partial charge in [-0.15, -0.1) is 0 Å². The Hall–Kier alpha value is -2.57. The fourth-order valence-electron chi connectivity index (χ4n) is 4.01. The Labute approximate surface area is 164 Å². The summed E-state index contributed by atoms with van der Waals surface area (Å²) >= 11 is 0. The van der Waals surface area contributed by atoms with Crippen LogP contribution in [0.5, 0.6) is 5.75 Å².